The fraction of sp³-hybridized carbons (Fsp3) is 0. The number of benzene rings is 8. The van der Waals surface area contributed by atoms with E-state index in [1.54, 1.807) is 6.07 Å². The lowest BCUT2D eigenvalue weighted by molar-refractivity contribution is 1.18. The van der Waals surface area contributed by atoms with Gasteiger partial charge < -0.3 is 4.57 Å². The molecule has 0 spiro atoms. The number of para-hydroxylation sites is 2. The standard InChI is InChI=1S/C46H27N3/c47-28-32-25-33(29-48)42(46-39-21-6-4-19-37(39)45(30-13-2-1-3-14-30)38-20-5-7-22-40(38)46)27-41(32)31-15-12-16-34(26-31)49-43-23-10-8-17-35(43)36-18-9-11-24-44(36)49/h1-27H. The Bertz CT molecular complexity index is 2740. The predicted molar refractivity (Wildman–Crippen MR) is 202 cm³/mol. The molecule has 0 saturated carbocycles. The van der Waals surface area contributed by atoms with Gasteiger partial charge in [0, 0.05) is 27.6 Å². The highest BCUT2D eigenvalue weighted by Crippen LogP contribution is 2.45. The third-order valence-corrected chi connectivity index (χ3v) is 9.66. The third-order valence-electron chi connectivity index (χ3n) is 9.66. The summed E-state index contributed by atoms with van der Waals surface area (Å²) in [4.78, 5) is 0. The molecule has 0 bridgehead atoms. The van der Waals surface area contributed by atoms with Gasteiger partial charge in [-0.05, 0) is 80.2 Å². The van der Waals surface area contributed by atoms with Crippen LogP contribution in [0.1, 0.15) is 11.1 Å². The maximum atomic E-state index is 10.5. The summed E-state index contributed by atoms with van der Waals surface area (Å²) in [6, 6.07) is 61.3. The quantitative estimate of drug-likeness (QED) is 0.184. The lowest BCUT2D eigenvalue weighted by Crippen LogP contribution is -1.97. The molecule has 0 unspecified atom stereocenters. The summed E-state index contributed by atoms with van der Waals surface area (Å²) in [7, 11) is 0. The molecule has 1 heterocycles. The van der Waals surface area contributed by atoms with Crippen molar-refractivity contribution in [2.75, 3.05) is 0 Å². The van der Waals surface area contributed by atoms with Crippen molar-refractivity contribution in [1.29, 1.82) is 10.5 Å². The van der Waals surface area contributed by atoms with Crippen LogP contribution in [-0.2, 0) is 0 Å². The van der Waals surface area contributed by atoms with E-state index in [1.807, 2.05) is 12.1 Å². The van der Waals surface area contributed by atoms with E-state index >= 15 is 0 Å². The monoisotopic (exact) mass is 621 g/mol. The van der Waals surface area contributed by atoms with E-state index in [-0.39, 0.29) is 0 Å². The average Bonchev–Trinajstić information content (AvgIpc) is 3.51. The molecule has 0 aliphatic carbocycles. The van der Waals surface area contributed by atoms with Crippen molar-refractivity contribution in [3.63, 3.8) is 0 Å². The van der Waals surface area contributed by atoms with E-state index in [2.05, 4.69) is 162 Å². The Balaban J connectivity index is 1.32. The Morgan fingerprint density at radius 1 is 0.367 bits per heavy atom. The van der Waals surface area contributed by atoms with Gasteiger partial charge in [-0.2, -0.15) is 10.5 Å². The fourth-order valence-electron chi connectivity index (χ4n) is 7.58. The first kappa shape index (κ1) is 28.3. The SMILES string of the molecule is N#Cc1cc(C#N)c(-c2c3ccccc3c(-c3ccccc3)c3ccccc23)cc1-c1cccc(-n2c3ccccc3c3ccccc32)c1. The van der Waals surface area contributed by atoms with E-state index in [0.29, 0.717) is 11.1 Å². The molecule has 3 heteroatoms. The van der Waals surface area contributed by atoms with Crippen LogP contribution >= 0.6 is 0 Å². The minimum Gasteiger partial charge on any atom is -0.309 e. The largest absolute Gasteiger partial charge is 0.309 e. The van der Waals surface area contributed by atoms with Gasteiger partial charge in [-0.15, -0.1) is 0 Å². The molecule has 0 atom stereocenters. The number of hydrogen-bond donors (Lipinski definition) is 0. The molecule has 226 valence electrons. The van der Waals surface area contributed by atoms with Crippen molar-refractivity contribution in [3.05, 3.63) is 175 Å². The smallest absolute Gasteiger partial charge is 0.0998 e. The summed E-state index contributed by atoms with van der Waals surface area (Å²) in [6.07, 6.45) is 0. The van der Waals surface area contributed by atoms with Crippen molar-refractivity contribution < 1.29 is 0 Å². The summed E-state index contributed by atoms with van der Waals surface area (Å²) in [5.41, 5.74) is 10.0. The molecule has 9 aromatic rings. The van der Waals surface area contributed by atoms with E-state index in [4.69, 9.17) is 0 Å². The molecule has 0 amide bonds. The minimum absolute atomic E-state index is 0.467. The zero-order chi connectivity index (χ0) is 32.9. The van der Waals surface area contributed by atoms with Gasteiger partial charge in [0.25, 0.3) is 0 Å². The number of nitriles is 2. The van der Waals surface area contributed by atoms with Gasteiger partial charge in [-0.25, -0.2) is 0 Å². The van der Waals surface area contributed by atoms with Gasteiger partial charge in [0.1, 0.15) is 0 Å². The van der Waals surface area contributed by atoms with Crippen LogP contribution < -0.4 is 0 Å². The number of nitrogens with zero attached hydrogens (tertiary/aromatic N) is 3. The molecular weight excluding hydrogens is 595 g/mol. The minimum atomic E-state index is 0.467. The summed E-state index contributed by atoms with van der Waals surface area (Å²) < 4.78 is 2.29. The van der Waals surface area contributed by atoms with Crippen LogP contribution in [0.15, 0.2) is 164 Å². The van der Waals surface area contributed by atoms with Crippen LogP contribution in [0.25, 0.3) is 82.4 Å². The maximum Gasteiger partial charge on any atom is 0.0998 e. The molecule has 3 nitrogen and oxygen atoms in total. The van der Waals surface area contributed by atoms with E-state index in [1.165, 1.54) is 16.3 Å². The molecule has 0 N–H and O–H groups in total. The summed E-state index contributed by atoms with van der Waals surface area (Å²) in [5.74, 6) is 0. The molecule has 0 saturated heterocycles. The lowest BCUT2D eigenvalue weighted by Gasteiger charge is -2.19. The summed E-state index contributed by atoms with van der Waals surface area (Å²) in [5, 5.41) is 27.7. The zero-order valence-corrected chi connectivity index (χ0v) is 26.4. The van der Waals surface area contributed by atoms with Gasteiger partial charge in [0.05, 0.1) is 34.3 Å². The average molecular weight is 622 g/mol. The molecular formula is C46H27N3. The highest BCUT2D eigenvalue weighted by atomic mass is 15.0. The Morgan fingerprint density at radius 2 is 0.837 bits per heavy atom. The number of rotatable bonds is 4. The highest BCUT2D eigenvalue weighted by Gasteiger charge is 2.21. The van der Waals surface area contributed by atoms with E-state index < -0.39 is 0 Å². The second-order valence-corrected chi connectivity index (χ2v) is 12.3. The van der Waals surface area contributed by atoms with Crippen LogP contribution in [-0.4, -0.2) is 4.57 Å². The molecule has 0 aliphatic heterocycles. The molecule has 0 fully saturated rings. The first-order valence-corrected chi connectivity index (χ1v) is 16.3. The molecule has 0 radical (unpaired) electrons. The van der Waals surface area contributed by atoms with Crippen LogP contribution in [0.4, 0.5) is 0 Å². The van der Waals surface area contributed by atoms with Crippen LogP contribution in [0.3, 0.4) is 0 Å². The summed E-state index contributed by atoms with van der Waals surface area (Å²) >= 11 is 0. The second-order valence-electron chi connectivity index (χ2n) is 12.3. The van der Waals surface area contributed by atoms with Crippen molar-refractivity contribution >= 4 is 43.4 Å². The van der Waals surface area contributed by atoms with E-state index in [9.17, 15) is 10.5 Å². The molecule has 1 aromatic heterocycles. The Kier molecular flexibility index (Phi) is 6.58. The zero-order valence-electron chi connectivity index (χ0n) is 26.4. The Hall–Kier alpha value is -6.94. The van der Waals surface area contributed by atoms with Crippen molar-refractivity contribution in [1.82, 2.24) is 4.57 Å². The first-order chi connectivity index (χ1) is 24.2. The van der Waals surface area contributed by atoms with Crippen LogP contribution in [0.2, 0.25) is 0 Å². The summed E-state index contributed by atoms with van der Waals surface area (Å²) in [6.45, 7) is 0. The second kappa shape index (κ2) is 11.4. The van der Waals surface area contributed by atoms with Gasteiger partial charge in [0.2, 0.25) is 0 Å². The van der Waals surface area contributed by atoms with Crippen molar-refractivity contribution in [3.8, 4) is 51.2 Å². The topological polar surface area (TPSA) is 52.5 Å². The number of aromatic nitrogens is 1. The van der Waals surface area contributed by atoms with Gasteiger partial charge in [0.15, 0.2) is 0 Å². The Labute approximate surface area is 283 Å². The number of fused-ring (bicyclic) bond motifs is 5. The molecule has 8 aromatic carbocycles. The lowest BCUT2D eigenvalue weighted by atomic mass is 9.83. The van der Waals surface area contributed by atoms with Crippen LogP contribution in [0, 0.1) is 22.7 Å². The highest BCUT2D eigenvalue weighted by molar-refractivity contribution is 6.22. The number of hydrogen-bond acceptors (Lipinski definition) is 2. The first-order valence-electron chi connectivity index (χ1n) is 16.3. The Morgan fingerprint density at radius 3 is 1.41 bits per heavy atom. The molecule has 9 rings (SSSR count). The van der Waals surface area contributed by atoms with Crippen molar-refractivity contribution in [2.24, 2.45) is 0 Å². The van der Waals surface area contributed by atoms with Gasteiger partial charge in [-0.3, -0.25) is 0 Å². The maximum absolute atomic E-state index is 10.5. The van der Waals surface area contributed by atoms with Crippen molar-refractivity contribution in [2.45, 2.75) is 0 Å². The fourth-order valence-corrected chi connectivity index (χ4v) is 7.58. The van der Waals surface area contributed by atoms with E-state index in [0.717, 1.165) is 66.1 Å². The van der Waals surface area contributed by atoms with Gasteiger partial charge >= 0.3 is 0 Å². The molecule has 49 heavy (non-hydrogen) atoms. The molecule has 0 aliphatic rings. The normalized spacial score (nSPS) is 11.2. The predicted octanol–water partition coefficient (Wildman–Crippen LogP) is 11.8. The van der Waals surface area contributed by atoms with Gasteiger partial charge in [-0.1, -0.05) is 127 Å². The third kappa shape index (κ3) is 4.42. The van der Waals surface area contributed by atoms with Crippen LogP contribution in [0.5, 0.6) is 0 Å².